The maximum atomic E-state index is 13.3. The number of aromatic amines is 1. The van der Waals surface area contributed by atoms with Crippen LogP contribution >= 0.6 is 11.6 Å². The monoisotopic (exact) mass is 446 g/mol. The fourth-order valence-electron chi connectivity index (χ4n) is 2.44. The lowest BCUT2D eigenvalue weighted by Crippen LogP contribution is -2.38. The first-order chi connectivity index (χ1) is 15.1. The number of nitriles is 1. The van der Waals surface area contributed by atoms with Crippen LogP contribution in [0.15, 0.2) is 45.5 Å². The highest BCUT2D eigenvalue weighted by Crippen LogP contribution is 2.20. The number of nitrogens with zero attached hydrogens (tertiary/aromatic N) is 6. The molecule has 0 saturated carbocycles. The molecule has 31 heavy (non-hydrogen) atoms. The number of hydrogen-bond acceptors (Lipinski definition) is 8. The van der Waals surface area contributed by atoms with Gasteiger partial charge in [-0.2, -0.15) is 5.26 Å². The van der Waals surface area contributed by atoms with Crippen LogP contribution in [0.5, 0.6) is 0 Å². The van der Waals surface area contributed by atoms with Gasteiger partial charge in [-0.15, -0.1) is 4.99 Å². The molecule has 0 saturated heterocycles. The Labute approximate surface area is 179 Å². The van der Waals surface area contributed by atoms with Gasteiger partial charge in [0.15, 0.2) is 5.69 Å². The number of guanidine groups is 1. The lowest BCUT2D eigenvalue weighted by Gasteiger charge is -2.10. The third kappa shape index (κ3) is 5.90. The molecule has 0 radical (unpaired) electrons. The summed E-state index contributed by atoms with van der Waals surface area (Å²) in [7, 11) is 0. The number of anilines is 1. The Morgan fingerprint density at radius 3 is 2.94 bits per heavy atom. The Kier molecular flexibility index (Phi) is 7.33. The number of H-pyrrole nitrogens is 1. The van der Waals surface area contributed by atoms with Crippen molar-refractivity contribution in [2.75, 3.05) is 11.9 Å². The molecule has 3 aromatic rings. The number of aliphatic imine (C=N–C) groups is 1. The third-order valence-electron chi connectivity index (χ3n) is 3.89. The number of benzene rings is 1. The summed E-state index contributed by atoms with van der Waals surface area (Å²) in [5.74, 6) is -0.490. The van der Waals surface area contributed by atoms with Crippen LogP contribution in [-0.2, 0) is 13.0 Å². The molecule has 0 atom stereocenters. The van der Waals surface area contributed by atoms with Crippen molar-refractivity contribution in [2.24, 2.45) is 10.1 Å². The maximum Gasteiger partial charge on any atom is 0.209 e. The zero-order valence-electron chi connectivity index (χ0n) is 15.8. The predicted molar refractivity (Wildman–Crippen MR) is 108 cm³/mol. The summed E-state index contributed by atoms with van der Waals surface area (Å²) in [6.07, 6.45) is 5.60. The summed E-state index contributed by atoms with van der Waals surface area (Å²) in [5, 5.41) is 37.4. The Morgan fingerprint density at radius 2 is 2.23 bits per heavy atom. The molecule has 2 aromatic heterocycles. The van der Waals surface area contributed by atoms with Gasteiger partial charge in [0.2, 0.25) is 18.0 Å². The number of amidine groups is 1. The first kappa shape index (κ1) is 21.5. The Balaban J connectivity index is 1.63. The average Bonchev–Trinajstić information content (AvgIpc) is 3.45. The Morgan fingerprint density at radius 1 is 1.35 bits per heavy atom. The molecule has 0 amide bonds. The molecular formula is C17H16ClFN10O2. The first-order valence-corrected chi connectivity index (χ1v) is 9.16. The Hall–Kier alpha value is -4.18. The number of oxime groups is 1. The zero-order valence-corrected chi connectivity index (χ0v) is 16.6. The molecule has 0 fully saturated rings. The molecule has 0 unspecified atom stereocenters. The fraction of sp³-hybridized carbons (Fsp3) is 0.176. The van der Waals surface area contributed by atoms with E-state index in [0.29, 0.717) is 18.7 Å². The van der Waals surface area contributed by atoms with E-state index in [-0.39, 0.29) is 34.8 Å². The van der Waals surface area contributed by atoms with Crippen molar-refractivity contribution in [3.63, 3.8) is 0 Å². The number of halogens is 2. The van der Waals surface area contributed by atoms with E-state index in [4.69, 9.17) is 21.5 Å². The third-order valence-corrected chi connectivity index (χ3v) is 4.18. The van der Waals surface area contributed by atoms with Crippen LogP contribution in [0.4, 0.5) is 10.1 Å². The van der Waals surface area contributed by atoms with Gasteiger partial charge in [0.05, 0.1) is 17.9 Å². The second-order valence-electron chi connectivity index (χ2n) is 5.93. The van der Waals surface area contributed by atoms with Gasteiger partial charge >= 0.3 is 0 Å². The molecular weight excluding hydrogens is 431 g/mol. The van der Waals surface area contributed by atoms with Gasteiger partial charge in [-0.3, -0.25) is 0 Å². The van der Waals surface area contributed by atoms with Gasteiger partial charge in [0, 0.05) is 30.5 Å². The largest absolute Gasteiger partial charge is 0.409 e. The van der Waals surface area contributed by atoms with E-state index in [2.05, 4.69) is 46.4 Å². The van der Waals surface area contributed by atoms with E-state index in [9.17, 15) is 9.60 Å². The van der Waals surface area contributed by atoms with Gasteiger partial charge in [-0.25, -0.2) is 14.0 Å². The van der Waals surface area contributed by atoms with Gasteiger partial charge in [-0.05, 0) is 23.4 Å². The molecule has 3 rings (SSSR count). The topological polar surface area (TPSA) is 172 Å². The number of nitrogens with one attached hydrogen (secondary N) is 4. The van der Waals surface area contributed by atoms with Gasteiger partial charge in [0.25, 0.3) is 0 Å². The van der Waals surface area contributed by atoms with Crippen molar-refractivity contribution in [1.82, 2.24) is 30.9 Å². The van der Waals surface area contributed by atoms with Crippen LogP contribution in [0.2, 0.25) is 5.02 Å². The van der Waals surface area contributed by atoms with E-state index < -0.39 is 5.82 Å². The molecule has 12 nitrogen and oxygen atoms in total. The lowest BCUT2D eigenvalue weighted by molar-refractivity contribution is 0.300. The predicted octanol–water partition coefficient (Wildman–Crippen LogP) is 1.59. The van der Waals surface area contributed by atoms with E-state index in [1.807, 2.05) is 0 Å². The minimum atomic E-state index is -0.591. The second-order valence-corrected chi connectivity index (χ2v) is 6.34. The van der Waals surface area contributed by atoms with Crippen molar-refractivity contribution < 1.29 is 14.2 Å². The molecule has 2 heterocycles. The number of aromatic nitrogens is 4. The van der Waals surface area contributed by atoms with Crippen LogP contribution in [0.1, 0.15) is 17.1 Å². The van der Waals surface area contributed by atoms with E-state index in [1.165, 1.54) is 12.1 Å². The molecule has 14 heteroatoms. The highest BCUT2D eigenvalue weighted by atomic mass is 35.5. The van der Waals surface area contributed by atoms with Crippen LogP contribution in [-0.4, -0.2) is 43.8 Å². The number of rotatable bonds is 7. The molecule has 0 spiro atoms. The smallest absolute Gasteiger partial charge is 0.209 e. The van der Waals surface area contributed by atoms with E-state index >= 15 is 0 Å². The highest BCUT2D eigenvalue weighted by molar-refractivity contribution is 6.31. The Bertz CT molecular complexity index is 1110. The molecule has 0 aliphatic heterocycles. The first-order valence-electron chi connectivity index (χ1n) is 8.78. The van der Waals surface area contributed by atoms with Crippen molar-refractivity contribution in [3.8, 4) is 6.19 Å². The van der Waals surface area contributed by atoms with Crippen molar-refractivity contribution in [2.45, 2.75) is 13.0 Å². The highest BCUT2D eigenvalue weighted by Gasteiger charge is 2.18. The maximum absolute atomic E-state index is 13.3. The minimum absolute atomic E-state index is 0.0429. The van der Waals surface area contributed by atoms with Gasteiger partial charge in [0.1, 0.15) is 11.5 Å². The van der Waals surface area contributed by atoms with Gasteiger partial charge < -0.3 is 26.1 Å². The van der Waals surface area contributed by atoms with Crippen LogP contribution in [0.3, 0.4) is 0 Å². The summed E-state index contributed by atoms with van der Waals surface area (Å²) >= 11 is 5.76. The summed E-state index contributed by atoms with van der Waals surface area (Å²) in [4.78, 5) is 10.6. The van der Waals surface area contributed by atoms with Crippen LogP contribution < -0.4 is 16.0 Å². The quantitative estimate of drug-likeness (QED) is 0.119. The molecule has 1 aromatic carbocycles. The summed E-state index contributed by atoms with van der Waals surface area (Å²) in [6.45, 7) is 0.525. The van der Waals surface area contributed by atoms with Crippen LogP contribution in [0.25, 0.3) is 0 Å². The molecule has 5 N–H and O–H groups in total. The molecule has 0 bridgehead atoms. The average molecular weight is 447 g/mol. The minimum Gasteiger partial charge on any atom is -0.409 e. The van der Waals surface area contributed by atoms with Crippen LogP contribution in [0, 0.1) is 17.3 Å². The number of hydrogen-bond donors (Lipinski definition) is 5. The lowest BCUT2D eigenvalue weighted by atomic mass is 10.2. The molecule has 0 aliphatic rings. The molecule has 0 aliphatic carbocycles. The zero-order chi connectivity index (χ0) is 22.1. The second kappa shape index (κ2) is 10.6. The summed E-state index contributed by atoms with van der Waals surface area (Å²) < 4.78 is 18.1. The van der Waals surface area contributed by atoms with Crippen molar-refractivity contribution in [3.05, 3.63) is 58.6 Å². The summed E-state index contributed by atoms with van der Waals surface area (Å²) in [5.41, 5.74) is 1.62. The van der Waals surface area contributed by atoms with Gasteiger partial charge in [-0.1, -0.05) is 21.9 Å². The van der Waals surface area contributed by atoms with Crippen molar-refractivity contribution in [1.29, 1.82) is 5.26 Å². The normalized spacial score (nSPS) is 11.8. The van der Waals surface area contributed by atoms with E-state index in [0.717, 1.165) is 11.8 Å². The summed E-state index contributed by atoms with van der Waals surface area (Å²) in [6, 6.07) is 3.87. The fourth-order valence-corrected chi connectivity index (χ4v) is 2.62. The van der Waals surface area contributed by atoms with E-state index in [1.54, 1.807) is 18.7 Å². The van der Waals surface area contributed by atoms with Crippen molar-refractivity contribution >= 4 is 29.1 Å². The number of imidazole rings is 1. The molecule has 160 valence electrons. The standard InChI is InChI=1S/C17H16ClFN10O2/c18-12-5-10(1-2-13(12)19)26-16(27-30)15-14(28-31-29-15)7-23-17(24-8-20)22-4-3-11-6-21-9-25-11/h1-2,5-6,9,30H,3-4,7H2,(H,21,25)(H,26,27)(H2,22,23,24). The SMILES string of the molecule is N#C/N=C(\NCCc1cnc[nH]1)NCc1nonc1/C(=N/O)Nc1ccc(F)c(Cl)c1.